The lowest BCUT2D eigenvalue weighted by Gasteiger charge is -2.30. The maximum absolute atomic E-state index is 12.1. The summed E-state index contributed by atoms with van der Waals surface area (Å²) in [4.78, 5) is 13.7. The highest BCUT2D eigenvalue weighted by Crippen LogP contribution is 2.27. The molecule has 0 spiro atoms. The fourth-order valence-electron chi connectivity index (χ4n) is 2.48. The van der Waals surface area contributed by atoms with Crippen LogP contribution in [0.5, 0.6) is 0 Å². The summed E-state index contributed by atoms with van der Waals surface area (Å²) in [5, 5.41) is 0. The van der Waals surface area contributed by atoms with Gasteiger partial charge in [0.2, 0.25) is 0 Å². The molecule has 1 atom stereocenters. The molecular weight excluding hydrogens is 250 g/mol. The molecule has 1 aliphatic heterocycles. The predicted molar refractivity (Wildman–Crippen MR) is 77.8 cm³/mol. The highest BCUT2D eigenvalue weighted by Gasteiger charge is 2.24. The molecule has 102 valence electrons. The number of nitrogens with zero attached hydrogens (tertiary/aromatic N) is 1. The summed E-state index contributed by atoms with van der Waals surface area (Å²) in [6, 6.07) is 9.73. The second-order valence-electron chi connectivity index (χ2n) is 5.04. The minimum absolute atomic E-state index is 0.279. The van der Waals surface area contributed by atoms with Crippen LogP contribution in [0.1, 0.15) is 12.0 Å². The van der Waals surface area contributed by atoms with E-state index >= 15 is 0 Å². The van der Waals surface area contributed by atoms with Crippen molar-refractivity contribution >= 4 is 6.09 Å². The monoisotopic (exact) mass is 267 g/mol. The summed E-state index contributed by atoms with van der Waals surface area (Å²) in [6.45, 7) is 1.01. The van der Waals surface area contributed by atoms with E-state index in [9.17, 15) is 4.79 Å². The average molecular weight is 267 g/mol. The first-order valence-corrected chi connectivity index (χ1v) is 6.85. The van der Waals surface area contributed by atoms with Crippen LogP contribution in [0.25, 0.3) is 0 Å². The van der Waals surface area contributed by atoms with Gasteiger partial charge in [0, 0.05) is 18.7 Å². The van der Waals surface area contributed by atoms with Gasteiger partial charge in [0.15, 0.2) is 0 Å². The standard InChI is InChI=1S/C17H17NO2/c19-17(20-13-14-6-2-1-3-7-14)18-11-10-15-8-4-5-9-16(15)12-18/h1-8,10-11,16H,9,12-13H2. The Bertz CT molecular complexity index is 572. The smallest absolute Gasteiger partial charge is 0.414 e. The molecule has 1 amide bonds. The molecule has 1 aromatic carbocycles. The summed E-state index contributed by atoms with van der Waals surface area (Å²) in [5.41, 5.74) is 2.29. The molecule has 0 bridgehead atoms. The van der Waals surface area contributed by atoms with E-state index in [1.165, 1.54) is 5.57 Å². The van der Waals surface area contributed by atoms with E-state index < -0.39 is 0 Å². The van der Waals surface area contributed by atoms with Crippen LogP contribution in [0.4, 0.5) is 4.79 Å². The van der Waals surface area contributed by atoms with Crippen LogP contribution in [-0.2, 0) is 11.3 Å². The predicted octanol–water partition coefficient (Wildman–Crippen LogP) is 3.66. The first kappa shape index (κ1) is 12.7. The zero-order valence-corrected chi connectivity index (χ0v) is 11.2. The molecule has 3 nitrogen and oxygen atoms in total. The molecule has 1 aromatic rings. The Balaban J connectivity index is 1.59. The van der Waals surface area contributed by atoms with Crippen LogP contribution in [0.2, 0.25) is 0 Å². The fraction of sp³-hybridized carbons (Fsp3) is 0.235. The molecule has 0 N–H and O–H groups in total. The topological polar surface area (TPSA) is 29.5 Å². The molecule has 1 unspecified atom stereocenters. The van der Waals surface area contributed by atoms with E-state index in [-0.39, 0.29) is 6.09 Å². The molecule has 0 radical (unpaired) electrons. The van der Waals surface area contributed by atoms with Crippen LogP contribution in [-0.4, -0.2) is 17.5 Å². The summed E-state index contributed by atoms with van der Waals surface area (Å²) in [5.74, 6) is 0.397. The van der Waals surface area contributed by atoms with Gasteiger partial charge in [-0.25, -0.2) is 4.79 Å². The quantitative estimate of drug-likeness (QED) is 0.818. The van der Waals surface area contributed by atoms with Crippen molar-refractivity contribution in [2.75, 3.05) is 6.54 Å². The van der Waals surface area contributed by atoms with Crippen molar-refractivity contribution in [1.82, 2.24) is 4.90 Å². The first-order valence-electron chi connectivity index (χ1n) is 6.85. The molecule has 3 heteroatoms. The van der Waals surface area contributed by atoms with E-state index in [1.807, 2.05) is 42.6 Å². The Morgan fingerprint density at radius 2 is 2.15 bits per heavy atom. The number of hydrogen-bond donors (Lipinski definition) is 0. The van der Waals surface area contributed by atoms with Gasteiger partial charge in [0.1, 0.15) is 6.61 Å². The zero-order chi connectivity index (χ0) is 13.8. The minimum Gasteiger partial charge on any atom is -0.444 e. The molecule has 1 heterocycles. The third kappa shape index (κ3) is 2.82. The number of fused-ring (bicyclic) bond motifs is 1. The molecular formula is C17H17NO2. The Morgan fingerprint density at radius 1 is 1.30 bits per heavy atom. The normalized spacial score (nSPS) is 20.3. The van der Waals surface area contributed by atoms with Crippen molar-refractivity contribution in [3.05, 3.63) is 72.0 Å². The van der Waals surface area contributed by atoms with Gasteiger partial charge < -0.3 is 4.74 Å². The fourth-order valence-corrected chi connectivity index (χ4v) is 2.48. The maximum atomic E-state index is 12.1. The van der Waals surface area contributed by atoms with E-state index in [2.05, 4.69) is 18.2 Å². The lowest BCUT2D eigenvalue weighted by atomic mass is 9.89. The second kappa shape index (κ2) is 5.78. The molecule has 2 aliphatic rings. The van der Waals surface area contributed by atoms with Gasteiger partial charge in [0.05, 0.1) is 0 Å². The maximum Gasteiger partial charge on any atom is 0.414 e. The van der Waals surface area contributed by atoms with Crippen molar-refractivity contribution < 1.29 is 9.53 Å². The summed E-state index contributed by atoms with van der Waals surface area (Å²) < 4.78 is 5.35. The van der Waals surface area contributed by atoms with Gasteiger partial charge in [-0.2, -0.15) is 0 Å². The third-order valence-electron chi connectivity index (χ3n) is 3.62. The highest BCUT2D eigenvalue weighted by molar-refractivity contribution is 5.69. The number of carbonyl (C=O) groups is 1. The van der Waals surface area contributed by atoms with Crippen molar-refractivity contribution in [3.63, 3.8) is 0 Å². The zero-order valence-electron chi connectivity index (χ0n) is 11.2. The molecule has 0 aromatic heterocycles. The average Bonchev–Trinajstić information content (AvgIpc) is 2.53. The van der Waals surface area contributed by atoms with Crippen molar-refractivity contribution in [3.8, 4) is 0 Å². The number of rotatable bonds is 2. The number of carbonyl (C=O) groups excluding carboxylic acids is 1. The van der Waals surface area contributed by atoms with Gasteiger partial charge in [-0.05, 0) is 23.6 Å². The largest absolute Gasteiger partial charge is 0.444 e. The molecule has 3 rings (SSSR count). The van der Waals surface area contributed by atoms with E-state index in [0.717, 1.165) is 12.0 Å². The van der Waals surface area contributed by atoms with Gasteiger partial charge in [-0.1, -0.05) is 48.6 Å². The van der Waals surface area contributed by atoms with E-state index in [0.29, 0.717) is 19.1 Å². The molecule has 20 heavy (non-hydrogen) atoms. The van der Waals surface area contributed by atoms with Crippen LogP contribution in [0.15, 0.2) is 66.4 Å². The highest BCUT2D eigenvalue weighted by atomic mass is 16.6. The number of ether oxygens (including phenoxy) is 1. The molecule has 0 fully saturated rings. The summed E-state index contributed by atoms with van der Waals surface area (Å²) in [7, 11) is 0. The summed E-state index contributed by atoms with van der Waals surface area (Å²) >= 11 is 0. The summed E-state index contributed by atoms with van der Waals surface area (Å²) in [6.07, 6.45) is 10.8. The van der Waals surface area contributed by atoms with E-state index in [1.54, 1.807) is 4.90 Å². The third-order valence-corrected chi connectivity index (χ3v) is 3.62. The van der Waals surface area contributed by atoms with Gasteiger partial charge in [-0.15, -0.1) is 0 Å². The Morgan fingerprint density at radius 3 is 3.00 bits per heavy atom. The van der Waals surface area contributed by atoms with E-state index in [4.69, 9.17) is 4.74 Å². The number of amides is 1. The van der Waals surface area contributed by atoms with Crippen molar-refractivity contribution in [2.45, 2.75) is 13.0 Å². The number of allylic oxidation sites excluding steroid dienone is 4. The van der Waals surface area contributed by atoms with Crippen LogP contribution in [0, 0.1) is 5.92 Å². The Kier molecular flexibility index (Phi) is 3.68. The minimum atomic E-state index is -0.279. The Labute approximate surface area is 118 Å². The lowest BCUT2D eigenvalue weighted by Crippen LogP contribution is -2.34. The SMILES string of the molecule is O=C(OCc1ccccc1)N1C=CC2=CC=CCC2C1. The molecule has 0 saturated carbocycles. The van der Waals surface area contributed by atoms with Gasteiger partial charge in [0.25, 0.3) is 0 Å². The first-order chi connectivity index (χ1) is 9.83. The van der Waals surface area contributed by atoms with Crippen LogP contribution >= 0.6 is 0 Å². The van der Waals surface area contributed by atoms with Crippen molar-refractivity contribution in [1.29, 1.82) is 0 Å². The molecule has 0 saturated heterocycles. The van der Waals surface area contributed by atoms with Crippen LogP contribution in [0.3, 0.4) is 0 Å². The van der Waals surface area contributed by atoms with Crippen molar-refractivity contribution in [2.24, 2.45) is 5.92 Å². The second-order valence-corrected chi connectivity index (χ2v) is 5.04. The van der Waals surface area contributed by atoms with Crippen LogP contribution < -0.4 is 0 Å². The number of benzene rings is 1. The van der Waals surface area contributed by atoms with Gasteiger partial charge in [-0.3, -0.25) is 4.90 Å². The lowest BCUT2D eigenvalue weighted by molar-refractivity contribution is 0.106. The van der Waals surface area contributed by atoms with Gasteiger partial charge >= 0.3 is 6.09 Å². The molecule has 1 aliphatic carbocycles. The Hall–Kier alpha value is -2.29. The number of hydrogen-bond acceptors (Lipinski definition) is 2.